The van der Waals surface area contributed by atoms with E-state index in [0.717, 1.165) is 24.3 Å². The highest BCUT2D eigenvalue weighted by Gasteiger charge is 2.33. The maximum atomic E-state index is 12.5. The van der Waals surface area contributed by atoms with Gasteiger partial charge in [0.1, 0.15) is 0 Å². The van der Waals surface area contributed by atoms with Gasteiger partial charge < -0.3 is 19.7 Å². The van der Waals surface area contributed by atoms with E-state index in [1.165, 1.54) is 26.2 Å². The molecule has 0 aliphatic carbocycles. The van der Waals surface area contributed by atoms with Crippen LogP contribution in [0.3, 0.4) is 0 Å². The SMILES string of the molecule is C[C@@H](OC(=O)[C@H]1Cc2ccccc2C(=O)O1)C(=O)Nc1ccc(N2CCCCC2)cc1. The zero-order chi connectivity index (χ0) is 21.8. The molecule has 1 amide bonds. The van der Waals surface area contributed by atoms with Crippen LogP contribution in [-0.4, -0.2) is 43.1 Å². The van der Waals surface area contributed by atoms with Gasteiger partial charge in [-0.3, -0.25) is 4.79 Å². The van der Waals surface area contributed by atoms with Crippen LogP contribution in [0.4, 0.5) is 11.4 Å². The molecule has 0 unspecified atom stereocenters. The summed E-state index contributed by atoms with van der Waals surface area (Å²) in [6.45, 7) is 3.59. The average molecular weight is 422 g/mol. The molecular formula is C24H26N2O5. The molecule has 0 saturated carbocycles. The van der Waals surface area contributed by atoms with Gasteiger partial charge >= 0.3 is 11.9 Å². The predicted molar refractivity (Wildman–Crippen MR) is 116 cm³/mol. The average Bonchev–Trinajstić information content (AvgIpc) is 2.80. The number of carbonyl (C=O) groups is 3. The van der Waals surface area contributed by atoms with Crippen molar-refractivity contribution >= 4 is 29.2 Å². The van der Waals surface area contributed by atoms with E-state index in [1.54, 1.807) is 24.3 Å². The van der Waals surface area contributed by atoms with E-state index in [-0.39, 0.29) is 6.42 Å². The number of rotatable bonds is 5. The molecule has 0 aromatic heterocycles. The summed E-state index contributed by atoms with van der Waals surface area (Å²) in [6, 6.07) is 14.6. The van der Waals surface area contributed by atoms with Crippen LogP contribution in [0.25, 0.3) is 0 Å². The molecule has 4 rings (SSSR count). The zero-order valence-electron chi connectivity index (χ0n) is 17.5. The van der Waals surface area contributed by atoms with Gasteiger partial charge in [0, 0.05) is 30.9 Å². The lowest BCUT2D eigenvalue weighted by molar-refractivity contribution is -0.162. The van der Waals surface area contributed by atoms with Crippen molar-refractivity contribution in [3.8, 4) is 0 Å². The second-order valence-electron chi connectivity index (χ2n) is 7.92. The summed E-state index contributed by atoms with van der Waals surface area (Å²) in [7, 11) is 0. The Bertz CT molecular complexity index is 966. The monoisotopic (exact) mass is 422 g/mol. The highest BCUT2D eigenvalue weighted by atomic mass is 16.6. The molecule has 162 valence electrons. The van der Waals surface area contributed by atoms with Crippen LogP contribution in [-0.2, 0) is 25.5 Å². The third-order valence-electron chi connectivity index (χ3n) is 5.67. The van der Waals surface area contributed by atoms with Gasteiger partial charge in [0.25, 0.3) is 5.91 Å². The van der Waals surface area contributed by atoms with Crippen LogP contribution >= 0.6 is 0 Å². The van der Waals surface area contributed by atoms with Gasteiger partial charge in [0.2, 0.25) is 6.10 Å². The third kappa shape index (κ3) is 4.87. The molecule has 1 N–H and O–H groups in total. The lowest BCUT2D eigenvalue weighted by Gasteiger charge is -2.28. The van der Waals surface area contributed by atoms with Crippen LogP contribution in [0, 0.1) is 0 Å². The molecule has 2 heterocycles. The summed E-state index contributed by atoms with van der Waals surface area (Å²) in [4.78, 5) is 39.4. The van der Waals surface area contributed by atoms with Gasteiger partial charge in [-0.05, 0) is 62.1 Å². The lowest BCUT2D eigenvalue weighted by Crippen LogP contribution is -2.39. The minimum atomic E-state index is -1.05. The van der Waals surface area contributed by atoms with Gasteiger partial charge in [0.05, 0.1) is 5.56 Å². The Balaban J connectivity index is 1.31. The summed E-state index contributed by atoms with van der Waals surface area (Å²) in [6.07, 6.45) is 1.82. The molecule has 0 spiro atoms. The van der Waals surface area contributed by atoms with E-state index in [4.69, 9.17) is 9.47 Å². The number of cyclic esters (lactones) is 1. The molecule has 1 fully saturated rings. The van der Waals surface area contributed by atoms with Gasteiger partial charge in [-0.1, -0.05) is 18.2 Å². The van der Waals surface area contributed by atoms with Crippen molar-refractivity contribution < 1.29 is 23.9 Å². The number of benzene rings is 2. The van der Waals surface area contributed by atoms with Gasteiger partial charge in [-0.2, -0.15) is 0 Å². The normalized spacial score (nSPS) is 19.1. The van der Waals surface area contributed by atoms with Crippen molar-refractivity contribution in [1.82, 2.24) is 0 Å². The molecule has 7 nitrogen and oxygen atoms in total. The third-order valence-corrected chi connectivity index (χ3v) is 5.67. The number of carbonyl (C=O) groups excluding carboxylic acids is 3. The molecule has 2 aromatic carbocycles. The summed E-state index contributed by atoms with van der Waals surface area (Å²) in [5.41, 5.74) is 2.94. The van der Waals surface area contributed by atoms with E-state index >= 15 is 0 Å². The Morgan fingerprint density at radius 1 is 1.06 bits per heavy atom. The van der Waals surface area contributed by atoms with Crippen molar-refractivity contribution in [2.75, 3.05) is 23.3 Å². The van der Waals surface area contributed by atoms with Crippen LogP contribution in [0.5, 0.6) is 0 Å². The van der Waals surface area contributed by atoms with Gasteiger partial charge in [-0.15, -0.1) is 0 Å². The summed E-state index contributed by atoms with van der Waals surface area (Å²) in [5.74, 6) is -1.73. The molecular weight excluding hydrogens is 396 g/mol. The fourth-order valence-electron chi connectivity index (χ4n) is 3.92. The second kappa shape index (κ2) is 9.20. The van der Waals surface area contributed by atoms with E-state index in [2.05, 4.69) is 10.2 Å². The molecule has 7 heteroatoms. The molecule has 31 heavy (non-hydrogen) atoms. The Labute approximate surface area is 181 Å². The van der Waals surface area contributed by atoms with Crippen LogP contribution in [0.15, 0.2) is 48.5 Å². The first-order valence-electron chi connectivity index (χ1n) is 10.7. The van der Waals surface area contributed by atoms with Crippen molar-refractivity contribution in [2.45, 2.75) is 44.8 Å². The molecule has 0 bridgehead atoms. The molecule has 1 saturated heterocycles. The smallest absolute Gasteiger partial charge is 0.348 e. The Morgan fingerprint density at radius 3 is 2.52 bits per heavy atom. The van der Waals surface area contributed by atoms with Crippen LogP contribution in [0.1, 0.15) is 42.1 Å². The van der Waals surface area contributed by atoms with E-state index in [9.17, 15) is 14.4 Å². The maximum absolute atomic E-state index is 12.5. The van der Waals surface area contributed by atoms with Crippen LogP contribution < -0.4 is 10.2 Å². The standard InChI is InChI=1S/C24H26N2O5/c1-16(30-24(29)21-15-17-7-3-4-8-20(17)23(28)31-21)22(27)25-18-9-11-19(12-10-18)26-13-5-2-6-14-26/h3-4,7-12,16,21H,2,5-6,13-15H2,1H3,(H,25,27)/t16-,21-/m1/s1. The number of fused-ring (bicyclic) bond motifs is 1. The molecule has 2 atom stereocenters. The van der Waals surface area contributed by atoms with Gasteiger partial charge in [0.15, 0.2) is 6.10 Å². The number of ether oxygens (including phenoxy) is 2. The Kier molecular flexibility index (Phi) is 6.21. The van der Waals surface area contributed by atoms with Crippen molar-refractivity contribution in [3.63, 3.8) is 0 Å². The van der Waals surface area contributed by atoms with Crippen molar-refractivity contribution in [3.05, 3.63) is 59.7 Å². The summed E-state index contributed by atoms with van der Waals surface area (Å²) >= 11 is 0. The maximum Gasteiger partial charge on any atom is 0.348 e. The quantitative estimate of drug-likeness (QED) is 0.744. The fraction of sp³-hybridized carbons (Fsp3) is 0.375. The minimum absolute atomic E-state index is 0.229. The first kappa shape index (κ1) is 20.9. The number of nitrogens with zero attached hydrogens (tertiary/aromatic N) is 1. The van der Waals surface area contributed by atoms with E-state index in [1.807, 2.05) is 24.3 Å². The second-order valence-corrected chi connectivity index (χ2v) is 7.92. The molecule has 2 aliphatic heterocycles. The topological polar surface area (TPSA) is 84.9 Å². The predicted octanol–water partition coefficient (Wildman–Crippen LogP) is 3.33. The molecule has 0 radical (unpaired) electrons. The highest BCUT2D eigenvalue weighted by Crippen LogP contribution is 2.23. The van der Waals surface area contributed by atoms with Gasteiger partial charge in [-0.25, -0.2) is 9.59 Å². The van der Waals surface area contributed by atoms with Crippen molar-refractivity contribution in [2.24, 2.45) is 0 Å². The van der Waals surface area contributed by atoms with E-state index < -0.39 is 30.1 Å². The number of hydrogen-bond donors (Lipinski definition) is 1. The number of piperidine rings is 1. The minimum Gasteiger partial charge on any atom is -0.450 e. The Hall–Kier alpha value is -3.35. The van der Waals surface area contributed by atoms with Crippen LogP contribution in [0.2, 0.25) is 0 Å². The first-order valence-corrected chi connectivity index (χ1v) is 10.7. The summed E-state index contributed by atoms with van der Waals surface area (Å²) < 4.78 is 10.5. The number of anilines is 2. The number of hydrogen-bond acceptors (Lipinski definition) is 6. The molecule has 2 aliphatic rings. The van der Waals surface area contributed by atoms with E-state index in [0.29, 0.717) is 11.3 Å². The largest absolute Gasteiger partial charge is 0.450 e. The number of amides is 1. The van der Waals surface area contributed by atoms with Crippen molar-refractivity contribution in [1.29, 1.82) is 0 Å². The Morgan fingerprint density at radius 2 is 1.77 bits per heavy atom. The first-order chi connectivity index (χ1) is 15.0. The zero-order valence-corrected chi connectivity index (χ0v) is 17.5. The number of nitrogens with one attached hydrogen (secondary N) is 1. The molecule has 2 aromatic rings. The highest BCUT2D eigenvalue weighted by molar-refractivity contribution is 5.97. The fourth-order valence-corrected chi connectivity index (χ4v) is 3.92. The lowest BCUT2D eigenvalue weighted by atomic mass is 9.99. The summed E-state index contributed by atoms with van der Waals surface area (Å²) in [5, 5.41) is 2.76. The number of esters is 2.